The molecule has 2 nitrogen and oxygen atoms in total. The van der Waals surface area contributed by atoms with Crippen LogP contribution >= 0.6 is 0 Å². The van der Waals surface area contributed by atoms with Crippen molar-refractivity contribution in [3.05, 3.63) is 0 Å². The van der Waals surface area contributed by atoms with E-state index in [1.54, 1.807) is 0 Å². The van der Waals surface area contributed by atoms with E-state index in [9.17, 15) is 0 Å². The van der Waals surface area contributed by atoms with Gasteiger partial charge in [0.15, 0.2) is 0 Å². The number of unbranched alkanes of at least 4 members (excludes halogenated alkanes) is 9. The summed E-state index contributed by atoms with van der Waals surface area (Å²) in [6, 6.07) is 0. The topological polar surface area (TPSA) is 24.1 Å². The van der Waals surface area contributed by atoms with Crippen molar-refractivity contribution < 1.29 is 0 Å². The lowest BCUT2D eigenvalue weighted by atomic mass is 10.1. The summed E-state index contributed by atoms with van der Waals surface area (Å²) in [6.07, 6.45) is 16.7. The van der Waals surface area contributed by atoms with Crippen molar-refractivity contribution in [1.29, 1.82) is 0 Å². The van der Waals surface area contributed by atoms with Gasteiger partial charge in [0.05, 0.1) is 0 Å². The molecular weight excluding hydrogens is 244 g/mol. The molecule has 0 bridgehead atoms. The Morgan fingerprint density at radius 2 is 0.800 bits per heavy atom. The molecule has 0 aromatic heterocycles. The second-order valence-corrected chi connectivity index (χ2v) is 6.04. The molecular formula is C18H40N2. The van der Waals surface area contributed by atoms with E-state index in [4.69, 9.17) is 0 Å². The Bertz CT molecular complexity index is 141. The predicted molar refractivity (Wildman–Crippen MR) is 92.5 cm³/mol. The molecule has 0 saturated heterocycles. The van der Waals surface area contributed by atoms with Crippen molar-refractivity contribution in [3.63, 3.8) is 0 Å². The molecule has 0 rings (SSSR count). The van der Waals surface area contributed by atoms with Gasteiger partial charge in [0.2, 0.25) is 0 Å². The SMILES string of the molecule is CCCCCCCCCCCNCCCCNCCC. The molecule has 0 fully saturated rings. The predicted octanol–water partition coefficient (Wildman–Crippen LogP) is 4.89. The van der Waals surface area contributed by atoms with Crippen LogP contribution in [0, 0.1) is 0 Å². The first-order valence-corrected chi connectivity index (χ1v) is 9.33. The third kappa shape index (κ3) is 17.9. The Hall–Kier alpha value is -0.0800. The molecule has 0 aromatic rings. The first-order chi connectivity index (χ1) is 9.91. The molecule has 0 aliphatic carbocycles. The summed E-state index contributed by atoms with van der Waals surface area (Å²) in [6.45, 7) is 9.29. The van der Waals surface area contributed by atoms with Crippen molar-refractivity contribution in [3.8, 4) is 0 Å². The number of hydrogen-bond donors (Lipinski definition) is 2. The second kappa shape index (κ2) is 18.9. The molecule has 0 spiro atoms. The average molecular weight is 285 g/mol. The van der Waals surface area contributed by atoms with Gasteiger partial charge in [0.1, 0.15) is 0 Å². The van der Waals surface area contributed by atoms with Gasteiger partial charge in [-0.15, -0.1) is 0 Å². The van der Waals surface area contributed by atoms with Gasteiger partial charge in [-0.25, -0.2) is 0 Å². The lowest BCUT2D eigenvalue weighted by molar-refractivity contribution is 0.537. The van der Waals surface area contributed by atoms with E-state index >= 15 is 0 Å². The van der Waals surface area contributed by atoms with Crippen LogP contribution in [-0.2, 0) is 0 Å². The van der Waals surface area contributed by atoms with Crippen LogP contribution in [0.4, 0.5) is 0 Å². The summed E-state index contributed by atoms with van der Waals surface area (Å²) >= 11 is 0. The monoisotopic (exact) mass is 284 g/mol. The zero-order valence-corrected chi connectivity index (χ0v) is 14.3. The first kappa shape index (κ1) is 19.9. The minimum absolute atomic E-state index is 1.17. The molecule has 0 radical (unpaired) electrons. The quantitative estimate of drug-likeness (QED) is 0.372. The van der Waals surface area contributed by atoms with Crippen LogP contribution in [0.1, 0.15) is 90.9 Å². The highest BCUT2D eigenvalue weighted by Crippen LogP contribution is 2.09. The smallest absolute Gasteiger partial charge is 0.00484 e. The molecule has 2 heteroatoms. The van der Waals surface area contributed by atoms with E-state index in [-0.39, 0.29) is 0 Å². The zero-order chi connectivity index (χ0) is 14.7. The summed E-state index contributed by atoms with van der Waals surface area (Å²) in [5.74, 6) is 0. The highest BCUT2D eigenvalue weighted by atomic mass is 14.9. The molecule has 20 heavy (non-hydrogen) atoms. The van der Waals surface area contributed by atoms with Gasteiger partial charge in [-0.3, -0.25) is 0 Å². The van der Waals surface area contributed by atoms with Crippen molar-refractivity contribution in [2.24, 2.45) is 0 Å². The molecule has 0 saturated carbocycles. The molecule has 0 aliphatic rings. The Labute approximate surface area is 128 Å². The maximum absolute atomic E-state index is 3.57. The number of hydrogen-bond acceptors (Lipinski definition) is 2. The summed E-state index contributed by atoms with van der Waals surface area (Å²) in [7, 11) is 0. The lowest BCUT2D eigenvalue weighted by Gasteiger charge is -2.06. The fourth-order valence-electron chi connectivity index (χ4n) is 2.49. The number of nitrogens with one attached hydrogen (secondary N) is 2. The van der Waals surface area contributed by atoms with Gasteiger partial charge in [0.25, 0.3) is 0 Å². The molecule has 2 N–H and O–H groups in total. The molecule has 0 amide bonds. The summed E-state index contributed by atoms with van der Waals surface area (Å²) in [5, 5.41) is 7.02. The maximum atomic E-state index is 3.57. The highest BCUT2D eigenvalue weighted by Gasteiger charge is 1.93. The molecule has 0 heterocycles. The third-order valence-electron chi connectivity index (χ3n) is 3.84. The first-order valence-electron chi connectivity index (χ1n) is 9.33. The molecule has 0 unspecified atom stereocenters. The minimum atomic E-state index is 1.17. The van der Waals surface area contributed by atoms with Crippen LogP contribution in [0.5, 0.6) is 0 Å². The van der Waals surface area contributed by atoms with Gasteiger partial charge in [0, 0.05) is 0 Å². The summed E-state index contributed by atoms with van der Waals surface area (Å²) in [5.41, 5.74) is 0. The van der Waals surface area contributed by atoms with Crippen LogP contribution in [0.15, 0.2) is 0 Å². The van der Waals surface area contributed by atoms with Crippen molar-refractivity contribution >= 4 is 0 Å². The fraction of sp³-hybridized carbons (Fsp3) is 1.00. The maximum Gasteiger partial charge on any atom is -0.00484 e. The largest absolute Gasteiger partial charge is 0.317 e. The van der Waals surface area contributed by atoms with E-state index in [0.717, 1.165) is 0 Å². The van der Waals surface area contributed by atoms with Crippen LogP contribution in [0.2, 0.25) is 0 Å². The lowest BCUT2D eigenvalue weighted by Crippen LogP contribution is -2.20. The summed E-state index contributed by atoms with van der Waals surface area (Å²) < 4.78 is 0. The molecule has 122 valence electrons. The minimum Gasteiger partial charge on any atom is -0.317 e. The van der Waals surface area contributed by atoms with Gasteiger partial charge < -0.3 is 10.6 Å². The van der Waals surface area contributed by atoms with Gasteiger partial charge in [-0.2, -0.15) is 0 Å². The Morgan fingerprint density at radius 1 is 0.400 bits per heavy atom. The van der Waals surface area contributed by atoms with E-state index < -0.39 is 0 Å². The van der Waals surface area contributed by atoms with Crippen molar-refractivity contribution in [1.82, 2.24) is 10.6 Å². The zero-order valence-electron chi connectivity index (χ0n) is 14.3. The average Bonchev–Trinajstić information content (AvgIpc) is 2.47. The van der Waals surface area contributed by atoms with Gasteiger partial charge in [-0.1, -0.05) is 65.2 Å². The Balaban J connectivity index is 2.89. The fourth-order valence-corrected chi connectivity index (χ4v) is 2.49. The van der Waals surface area contributed by atoms with Crippen LogP contribution < -0.4 is 10.6 Å². The molecule has 0 aliphatic heterocycles. The molecule has 0 aromatic carbocycles. The molecule has 0 atom stereocenters. The summed E-state index contributed by atoms with van der Waals surface area (Å²) in [4.78, 5) is 0. The second-order valence-electron chi connectivity index (χ2n) is 6.04. The Morgan fingerprint density at radius 3 is 1.30 bits per heavy atom. The van der Waals surface area contributed by atoms with Crippen LogP contribution in [-0.4, -0.2) is 26.2 Å². The van der Waals surface area contributed by atoms with Crippen molar-refractivity contribution in [2.75, 3.05) is 26.2 Å². The van der Waals surface area contributed by atoms with Crippen LogP contribution in [0.25, 0.3) is 0 Å². The van der Waals surface area contributed by atoms with Crippen molar-refractivity contribution in [2.45, 2.75) is 90.9 Å². The Kier molecular flexibility index (Phi) is 18.8. The standard InChI is InChI=1S/C18H40N2/c1-3-5-6-7-8-9-10-11-12-16-20-18-14-13-17-19-15-4-2/h19-20H,3-18H2,1-2H3. The van der Waals surface area contributed by atoms with Crippen LogP contribution in [0.3, 0.4) is 0 Å². The van der Waals surface area contributed by atoms with E-state index in [1.807, 2.05) is 0 Å². The third-order valence-corrected chi connectivity index (χ3v) is 3.84. The highest BCUT2D eigenvalue weighted by molar-refractivity contribution is 4.53. The van der Waals surface area contributed by atoms with E-state index in [2.05, 4.69) is 24.5 Å². The normalized spacial score (nSPS) is 11.1. The van der Waals surface area contributed by atoms with Gasteiger partial charge in [-0.05, 0) is 51.9 Å². The van der Waals surface area contributed by atoms with Gasteiger partial charge >= 0.3 is 0 Å². The number of rotatable bonds is 17. The van der Waals surface area contributed by atoms with E-state index in [1.165, 1.54) is 103 Å². The van der Waals surface area contributed by atoms with E-state index in [0.29, 0.717) is 0 Å².